The number of hydrogen-bond donors (Lipinski definition) is 1. The summed E-state index contributed by atoms with van der Waals surface area (Å²) in [6, 6.07) is 5.65. The van der Waals surface area contributed by atoms with Crippen molar-refractivity contribution in [3.05, 3.63) is 29.6 Å². The highest BCUT2D eigenvalue weighted by atomic mass is 32.1. The van der Waals surface area contributed by atoms with Crippen molar-refractivity contribution < 1.29 is 5.11 Å². The van der Waals surface area contributed by atoms with Gasteiger partial charge < -0.3 is 5.11 Å². The number of aromatic nitrogens is 4. The fourth-order valence-electron chi connectivity index (χ4n) is 2.03. The molecule has 5 nitrogen and oxygen atoms in total. The Bertz CT molecular complexity index is 782. The zero-order valence-electron chi connectivity index (χ0n) is 11.9. The topological polar surface area (TPSA) is 63.3 Å². The predicted molar refractivity (Wildman–Crippen MR) is 79.2 cm³/mol. The molecule has 0 aliphatic carbocycles. The normalized spacial score (nSPS) is 12.2. The third-order valence-corrected chi connectivity index (χ3v) is 4.06. The summed E-state index contributed by atoms with van der Waals surface area (Å²) in [5, 5.41) is 23.8. The molecule has 6 heteroatoms. The largest absolute Gasteiger partial charge is 0.507 e. The number of hydrogen-bond acceptors (Lipinski definition) is 5. The molecule has 2 heterocycles. The number of rotatable bonds is 1. The highest BCUT2D eigenvalue weighted by Crippen LogP contribution is 2.35. The quantitative estimate of drug-likeness (QED) is 0.747. The van der Waals surface area contributed by atoms with Crippen LogP contribution in [0.25, 0.3) is 15.5 Å². The molecule has 0 aliphatic rings. The average Bonchev–Trinajstić information content (AvgIpc) is 2.90. The van der Waals surface area contributed by atoms with Crippen LogP contribution in [0.5, 0.6) is 5.75 Å². The number of aromatic hydroxyl groups is 1. The number of para-hydroxylation sites is 1. The first kappa shape index (κ1) is 13.1. The highest BCUT2D eigenvalue weighted by molar-refractivity contribution is 7.19. The second kappa shape index (κ2) is 4.28. The van der Waals surface area contributed by atoms with Gasteiger partial charge in [0.1, 0.15) is 5.75 Å². The molecule has 0 aliphatic heterocycles. The van der Waals surface area contributed by atoms with Gasteiger partial charge in [0.2, 0.25) is 4.96 Å². The van der Waals surface area contributed by atoms with Gasteiger partial charge in [0, 0.05) is 5.41 Å². The maximum absolute atomic E-state index is 10.2. The first-order chi connectivity index (χ1) is 9.38. The molecule has 0 spiro atoms. The van der Waals surface area contributed by atoms with E-state index >= 15 is 0 Å². The summed E-state index contributed by atoms with van der Waals surface area (Å²) < 4.78 is 1.77. The Morgan fingerprint density at radius 1 is 1.20 bits per heavy atom. The van der Waals surface area contributed by atoms with Crippen LogP contribution in [0.15, 0.2) is 18.2 Å². The molecule has 0 bridgehead atoms. The van der Waals surface area contributed by atoms with Crippen LogP contribution in [0, 0.1) is 6.92 Å². The van der Waals surface area contributed by atoms with Crippen LogP contribution in [0.3, 0.4) is 0 Å². The molecule has 1 aromatic carbocycles. The Balaban J connectivity index is 2.19. The number of fused-ring (bicyclic) bond motifs is 1. The summed E-state index contributed by atoms with van der Waals surface area (Å²) >= 11 is 1.43. The van der Waals surface area contributed by atoms with Gasteiger partial charge in [-0.2, -0.15) is 9.61 Å². The molecule has 1 N–H and O–H groups in total. The van der Waals surface area contributed by atoms with E-state index < -0.39 is 0 Å². The van der Waals surface area contributed by atoms with Crippen molar-refractivity contribution in [2.45, 2.75) is 33.1 Å². The summed E-state index contributed by atoms with van der Waals surface area (Å²) in [4.78, 5) is 0.742. The Morgan fingerprint density at radius 2 is 1.95 bits per heavy atom. The van der Waals surface area contributed by atoms with E-state index in [2.05, 4.69) is 36.1 Å². The zero-order valence-corrected chi connectivity index (χ0v) is 12.7. The molecular formula is C14H16N4OS. The number of phenolic OH excluding ortho intramolecular Hbond substituents is 1. The maximum Gasteiger partial charge on any atom is 0.235 e. The van der Waals surface area contributed by atoms with E-state index in [1.165, 1.54) is 11.3 Å². The summed E-state index contributed by atoms with van der Waals surface area (Å²) in [5.41, 5.74) is 1.45. The van der Waals surface area contributed by atoms with Gasteiger partial charge in [-0.25, -0.2) is 0 Å². The fraction of sp³-hybridized carbons (Fsp3) is 0.357. The van der Waals surface area contributed by atoms with Crippen molar-refractivity contribution >= 4 is 16.3 Å². The maximum atomic E-state index is 10.2. The third kappa shape index (κ3) is 1.96. The highest BCUT2D eigenvalue weighted by Gasteiger charge is 2.24. The van der Waals surface area contributed by atoms with Crippen molar-refractivity contribution in [3.63, 3.8) is 0 Å². The predicted octanol–water partition coefficient (Wildman–Crippen LogP) is 3.16. The SMILES string of the molecule is Cc1cccc(-c2nn3c(C(C)(C)C)nnc3s2)c1O. The van der Waals surface area contributed by atoms with Gasteiger partial charge in [0.15, 0.2) is 10.8 Å². The van der Waals surface area contributed by atoms with Crippen molar-refractivity contribution in [1.29, 1.82) is 0 Å². The zero-order chi connectivity index (χ0) is 14.5. The Morgan fingerprint density at radius 3 is 2.65 bits per heavy atom. The van der Waals surface area contributed by atoms with Gasteiger partial charge in [-0.1, -0.05) is 44.2 Å². The number of phenols is 1. The second-order valence-electron chi connectivity index (χ2n) is 5.85. The lowest BCUT2D eigenvalue weighted by Crippen LogP contribution is -2.16. The molecule has 0 radical (unpaired) electrons. The molecule has 0 fully saturated rings. The molecule has 0 saturated heterocycles. The summed E-state index contributed by atoms with van der Waals surface area (Å²) in [7, 11) is 0. The molecule has 0 amide bonds. The molecule has 0 saturated carbocycles. The van der Waals surface area contributed by atoms with Crippen molar-refractivity contribution in [3.8, 4) is 16.3 Å². The van der Waals surface area contributed by atoms with Gasteiger partial charge in [0.05, 0.1) is 5.56 Å². The van der Waals surface area contributed by atoms with Crippen LogP contribution in [0.2, 0.25) is 0 Å². The minimum absolute atomic E-state index is 0.126. The summed E-state index contributed by atoms with van der Waals surface area (Å²) in [5.74, 6) is 1.09. The lowest BCUT2D eigenvalue weighted by molar-refractivity contribution is 0.473. The number of benzene rings is 1. The summed E-state index contributed by atoms with van der Waals surface area (Å²) in [6.07, 6.45) is 0. The Labute approximate surface area is 120 Å². The van der Waals surface area contributed by atoms with E-state index in [0.717, 1.165) is 26.9 Å². The van der Waals surface area contributed by atoms with Crippen LogP contribution >= 0.6 is 11.3 Å². The van der Waals surface area contributed by atoms with Crippen LogP contribution in [0.1, 0.15) is 32.2 Å². The van der Waals surface area contributed by atoms with Crippen molar-refractivity contribution in [2.75, 3.05) is 0 Å². The van der Waals surface area contributed by atoms with E-state index in [0.29, 0.717) is 0 Å². The van der Waals surface area contributed by atoms with E-state index in [-0.39, 0.29) is 11.2 Å². The molecule has 104 valence electrons. The van der Waals surface area contributed by atoms with Gasteiger partial charge in [0.25, 0.3) is 0 Å². The second-order valence-corrected chi connectivity index (χ2v) is 6.80. The molecule has 3 rings (SSSR count). The summed E-state index contributed by atoms with van der Waals surface area (Å²) in [6.45, 7) is 8.10. The number of nitrogens with zero attached hydrogens (tertiary/aromatic N) is 4. The molecule has 0 unspecified atom stereocenters. The van der Waals surface area contributed by atoms with Crippen LogP contribution < -0.4 is 0 Å². The molecular weight excluding hydrogens is 272 g/mol. The minimum Gasteiger partial charge on any atom is -0.507 e. The van der Waals surface area contributed by atoms with Crippen LogP contribution in [0.4, 0.5) is 0 Å². The van der Waals surface area contributed by atoms with E-state index in [9.17, 15) is 5.11 Å². The van der Waals surface area contributed by atoms with Gasteiger partial charge >= 0.3 is 0 Å². The minimum atomic E-state index is -0.126. The van der Waals surface area contributed by atoms with Gasteiger partial charge in [-0.05, 0) is 18.6 Å². The molecule has 0 atom stereocenters. The monoisotopic (exact) mass is 288 g/mol. The van der Waals surface area contributed by atoms with Crippen LogP contribution in [-0.4, -0.2) is 24.9 Å². The Kier molecular flexibility index (Phi) is 2.79. The third-order valence-electron chi connectivity index (χ3n) is 3.13. The lowest BCUT2D eigenvalue weighted by atomic mass is 9.96. The lowest BCUT2D eigenvalue weighted by Gasteiger charge is -2.13. The van der Waals surface area contributed by atoms with Gasteiger partial charge in [-0.3, -0.25) is 0 Å². The first-order valence-electron chi connectivity index (χ1n) is 6.39. The fourth-order valence-corrected chi connectivity index (χ4v) is 2.89. The van der Waals surface area contributed by atoms with Crippen molar-refractivity contribution in [2.24, 2.45) is 0 Å². The molecule has 20 heavy (non-hydrogen) atoms. The average molecular weight is 288 g/mol. The molecule has 2 aromatic heterocycles. The number of aryl methyl sites for hydroxylation is 1. The molecule has 3 aromatic rings. The van der Waals surface area contributed by atoms with E-state index in [1.807, 2.05) is 25.1 Å². The standard InChI is InChI=1S/C14H16N4OS/c1-8-6-5-7-9(10(8)19)11-17-18-12(14(2,3)4)15-16-13(18)20-11/h5-7,19H,1-4H3. The van der Waals surface area contributed by atoms with E-state index in [4.69, 9.17) is 0 Å². The van der Waals surface area contributed by atoms with E-state index in [1.54, 1.807) is 4.52 Å². The smallest absolute Gasteiger partial charge is 0.235 e. The van der Waals surface area contributed by atoms with Crippen LogP contribution in [-0.2, 0) is 5.41 Å². The van der Waals surface area contributed by atoms with Crippen molar-refractivity contribution in [1.82, 2.24) is 19.8 Å². The Hall–Kier alpha value is -1.95. The first-order valence-corrected chi connectivity index (χ1v) is 7.21. The van der Waals surface area contributed by atoms with Gasteiger partial charge in [-0.15, -0.1) is 10.2 Å².